The van der Waals surface area contributed by atoms with Crippen molar-refractivity contribution in [3.05, 3.63) is 94.5 Å². The van der Waals surface area contributed by atoms with E-state index in [0.29, 0.717) is 34.8 Å². The largest absolute Gasteiger partial charge is 0.469 e. The Kier molecular flexibility index (Phi) is 6.65. The third-order valence-corrected chi connectivity index (χ3v) is 5.81. The first-order chi connectivity index (χ1) is 16.4. The van der Waals surface area contributed by atoms with Gasteiger partial charge in [0, 0.05) is 17.8 Å². The fourth-order valence-corrected chi connectivity index (χ4v) is 3.93. The second kappa shape index (κ2) is 9.80. The van der Waals surface area contributed by atoms with Crippen molar-refractivity contribution in [3.8, 4) is 0 Å². The minimum Gasteiger partial charge on any atom is -0.469 e. The zero-order valence-electron chi connectivity index (χ0n) is 19.0. The van der Waals surface area contributed by atoms with Gasteiger partial charge in [0.2, 0.25) is 5.91 Å². The van der Waals surface area contributed by atoms with E-state index in [2.05, 4.69) is 5.32 Å². The fraction of sp³-hybridized carbons (Fsp3) is 0.185. The Hall–Kier alpha value is -4.10. The molecule has 1 aliphatic heterocycles. The lowest BCUT2D eigenvalue weighted by Crippen LogP contribution is -2.22. The van der Waals surface area contributed by atoms with Crippen molar-refractivity contribution in [2.75, 3.05) is 12.4 Å². The Bertz CT molecular complexity index is 1280. The van der Waals surface area contributed by atoms with Gasteiger partial charge >= 0.3 is 5.97 Å². The van der Waals surface area contributed by atoms with E-state index in [1.807, 2.05) is 24.3 Å². The highest BCUT2D eigenvalue weighted by Crippen LogP contribution is 2.37. The maximum Gasteiger partial charge on any atom is 0.309 e. The molecule has 172 valence electrons. The van der Waals surface area contributed by atoms with Gasteiger partial charge in [-0.1, -0.05) is 36.4 Å². The number of ketones is 1. The quantitative estimate of drug-likeness (QED) is 0.319. The Labute approximate surface area is 197 Å². The van der Waals surface area contributed by atoms with Gasteiger partial charge in [0.1, 0.15) is 5.92 Å². The number of nitrogens with one attached hydrogen (secondary N) is 1. The predicted octanol–water partition coefficient (Wildman–Crippen LogP) is 3.92. The Morgan fingerprint density at radius 1 is 0.971 bits per heavy atom. The molecule has 0 fully saturated rings. The van der Waals surface area contributed by atoms with Crippen LogP contribution in [0.15, 0.2) is 71.7 Å². The van der Waals surface area contributed by atoms with Crippen molar-refractivity contribution in [2.45, 2.75) is 25.8 Å². The van der Waals surface area contributed by atoms with Gasteiger partial charge in [0.05, 0.1) is 24.9 Å². The molecule has 1 aliphatic rings. The third-order valence-electron chi connectivity index (χ3n) is 5.81. The summed E-state index contributed by atoms with van der Waals surface area (Å²) in [5.41, 5.74) is 11.4. The van der Waals surface area contributed by atoms with Gasteiger partial charge in [-0.2, -0.15) is 0 Å². The molecular formula is C27H25N3O4. The summed E-state index contributed by atoms with van der Waals surface area (Å²) in [5.74, 6) is -1.29. The SMILES string of the molecule is COC(=O)Cc1ccc(N=C(c2ccc(CN)cc2)C2C(=O)Nc3ccc(C(C)=O)cc32)cc1. The van der Waals surface area contributed by atoms with Crippen LogP contribution in [0.2, 0.25) is 0 Å². The third kappa shape index (κ3) is 4.79. The van der Waals surface area contributed by atoms with Crippen molar-refractivity contribution in [1.29, 1.82) is 0 Å². The molecule has 0 aliphatic carbocycles. The average molecular weight is 456 g/mol. The molecule has 1 amide bonds. The molecule has 3 aromatic rings. The topological polar surface area (TPSA) is 111 Å². The molecule has 0 saturated carbocycles. The normalized spacial score (nSPS) is 15.0. The Morgan fingerprint density at radius 2 is 1.62 bits per heavy atom. The summed E-state index contributed by atoms with van der Waals surface area (Å²) < 4.78 is 4.72. The molecule has 34 heavy (non-hydrogen) atoms. The smallest absolute Gasteiger partial charge is 0.309 e. The van der Waals surface area contributed by atoms with E-state index >= 15 is 0 Å². The number of anilines is 1. The minimum atomic E-state index is -0.687. The maximum absolute atomic E-state index is 13.1. The van der Waals surface area contributed by atoms with Crippen molar-refractivity contribution in [1.82, 2.24) is 0 Å². The number of carbonyl (C=O) groups excluding carboxylic acids is 3. The van der Waals surface area contributed by atoms with Crippen molar-refractivity contribution in [3.63, 3.8) is 0 Å². The number of aliphatic imine (C=N–C) groups is 1. The highest BCUT2D eigenvalue weighted by Gasteiger charge is 2.35. The number of esters is 1. The lowest BCUT2D eigenvalue weighted by atomic mass is 9.89. The van der Waals surface area contributed by atoms with E-state index < -0.39 is 5.92 Å². The van der Waals surface area contributed by atoms with Crippen LogP contribution >= 0.6 is 0 Å². The molecule has 0 spiro atoms. The fourth-order valence-electron chi connectivity index (χ4n) is 3.93. The summed E-state index contributed by atoms with van der Waals surface area (Å²) in [6.07, 6.45) is 0.167. The maximum atomic E-state index is 13.1. The standard InChI is InChI=1S/C27H25N3O4/c1-16(31)20-9-12-23-22(14-20)25(27(33)30-23)26(19-7-3-18(15-28)4-8-19)29-21-10-5-17(6-11-21)13-24(32)34-2/h3-12,14,25H,13,15,28H2,1-2H3,(H,30,33). The van der Waals surface area contributed by atoms with Crippen LogP contribution in [0, 0.1) is 0 Å². The van der Waals surface area contributed by atoms with Crippen LogP contribution in [0.25, 0.3) is 0 Å². The molecule has 1 atom stereocenters. The van der Waals surface area contributed by atoms with Crippen molar-refractivity contribution >= 4 is 34.7 Å². The van der Waals surface area contributed by atoms with Crippen LogP contribution in [0.5, 0.6) is 0 Å². The lowest BCUT2D eigenvalue weighted by molar-refractivity contribution is -0.139. The number of nitrogens with zero attached hydrogens (tertiary/aromatic N) is 1. The van der Waals surface area contributed by atoms with Gasteiger partial charge in [-0.3, -0.25) is 19.4 Å². The molecule has 7 heteroatoms. The average Bonchev–Trinajstić information content (AvgIpc) is 3.18. The molecule has 4 rings (SSSR count). The van der Waals surface area contributed by atoms with Crippen molar-refractivity contribution in [2.24, 2.45) is 10.7 Å². The molecule has 0 aromatic heterocycles. The summed E-state index contributed by atoms with van der Waals surface area (Å²) in [5, 5.41) is 2.91. The number of hydrogen-bond acceptors (Lipinski definition) is 6. The predicted molar refractivity (Wildman–Crippen MR) is 131 cm³/mol. The molecule has 0 saturated heterocycles. The number of nitrogens with two attached hydrogens (primary N) is 1. The van der Waals surface area contributed by atoms with Gasteiger partial charge in [0.25, 0.3) is 0 Å². The van der Waals surface area contributed by atoms with E-state index in [9.17, 15) is 14.4 Å². The second-order valence-electron chi connectivity index (χ2n) is 8.10. The zero-order valence-corrected chi connectivity index (χ0v) is 19.0. The monoisotopic (exact) mass is 455 g/mol. The number of amides is 1. The number of methoxy groups -OCH3 is 1. The van der Waals surface area contributed by atoms with Crippen molar-refractivity contribution < 1.29 is 19.1 Å². The van der Waals surface area contributed by atoms with Crippen LogP contribution in [0.1, 0.15) is 45.5 Å². The summed E-state index contributed by atoms with van der Waals surface area (Å²) >= 11 is 0. The number of rotatable bonds is 7. The summed E-state index contributed by atoms with van der Waals surface area (Å²) in [4.78, 5) is 41.5. The van der Waals surface area contributed by atoms with E-state index in [-0.39, 0.29) is 24.1 Å². The first-order valence-electron chi connectivity index (χ1n) is 10.9. The molecule has 1 heterocycles. The van der Waals surface area contributed by atoms with Crippen LogP contribution in [0.3, 0.4) is 0 Å². The van der Waals surface area contributed by atoms with E-state index in [1.165, 1.54) is 14.0 Å². The van der Waals surface area contributed by atoms with Crippen LogP contribution in [-0.4, -0.2) is 30.5 Å². The summed E-state index contributed by atoms with van der Waals surface area (Å²) in [6, 6.07) is 20.0. The molecule has 7 nitrogen and oxygen atoms in total. The van der Waals surface area contributed by atoms with Gasteiger partial charge in [-0.05, 0) is 59.5 Å². The number of ether oxygens (including phenoxy) is 1. The number of Topliss-reactive ketones (excluding diaryl/α,β-unsaturated/α-hetero) is 1. The Balaban J connectivity index is 1.80. The number of fused-ring (bicyclic) bond motifs is 1. The van der Waals surface area contributed by atoms with Gasteiger partial charge in [-0.25, -0.2) is 0 Å². The molecule has 0 radical (unpaired) electrons. The molecular weight excluding hydrogens is 430 g/mol. The number of carbonyl (C=O) groups is 3. The van der Waals surface area contributed by atoms with Gasteiger partial charge in [-0.15, -0.1) is 0 Å². The minimum absolute atomic E-state index is 0.0760. The zero-order chi connectivity index (χ0) is 24.2. The number of benzene rings is 3. The second-order valence-corrected chi connectivity index (χ2v) is 8.10. The number of hydrogen-bond donors (Lipinski definition) is 2. The summed E-state index contributed by atoms with van der Waals surface area (Å²) in [6.45, 7) is 1.90. The van der Waals surface area contributed by atoms with Crippen LogP contribution in [0.4, 0.5) is 11.4 Å². The molecule has 3 N–H and O–H groups in total. The first kappa shape index (κ1) is 23.1. The molecule has 1 unspecified atom stereocenters. The lowest BCUT2D eigenvalue weighted by Gasteiger charge is -2.15. The molecule has 3 aromatic carbocycles. The summed E-state index contributed by atoms with van der Waals surface area (Å²) in [7, 11) is 1.35. The van der Waals surface area contributed by atoms with E-state index in [4.69, 9.17) is 15.5 Å². The van der Waals surface area contributed by atoms with Crippen LogP contribution < -0.4 is 11.1 Å². The highest BCUT2D eigenvalue weighted by molar-refractivity contribution is 6.24. The van der Waals surface area contributed by atoms with Crippen LogP contribution in [-0.2, 0) is 27.3 Å². The van der Waals surface area contributed by atoms with E-state index in [0.717, 1.165) is 16.7 Å². The van der Waals surface area contributed by atoms with Gasteiger partial charge < -0.3 is 15.8 Å². The first-order valence-corrected chi connectivity index (χ1v) is 10.9. The van der Waals surface area contributed by atoms with Gasteiger partial charge in [0.15, 0.2) is 5.78 Å². The van der Waals surface area contributed by atoms with E-state index in [1.54, 1.807) is 42.5 Å². The Morgan fingerprint density at radius 3 is 2.24 bits per heavy atom. The highest BCUT2D eigenvalue weighted by atomic mass is 16.5. The molecule has 0 bridgehead atoms.